The highest BCUT2D eigenvalue weighted by Gasteiger charge is 2.21. The van der Waals surface area contributed by atoms with Gasteiger partial charge in [-0.25, -0.2) is 4.39 Å². The van der Waals surface area contributed by atoms with Crippen molar-refractivity contribution in [3.63, 3.8) is 0 Å². The number of nitrogens with two attached hydrogens (primary N) is 1. The number of anilines is 2. The molecule has 94 valence electrons. The Morgan fingerprint density at radius 2 is 2.00 bits per heavy atom. The van der Waals surface area contributed by atoms with Gasteiger partial charge in [0.15, 0.2) is 0 Å². The van der Waals surface area contributed by atoms with Gasteiger partial charge >= 0.3 is 0 Å². The van der Waals surface area contributed by atoms with Gasteiger partial charge in [-0.3, -0.25) is 0 Å². The topological polar surface area (TPSA) is 29.3 Å². The van der Waals surface area contributed by atoms with Crippen LogP contribution in [-0.4, -0.2) is 12.6 Å². The Hall–Kier alpha value is -1.25. The van der Waals surface area contributed by atoms with Crippen molar-refractivity contribution in [1.29, 1.82) is 0 Å². The third kappa shape index (κ3) is 2.71. The van der Waals surface area contributed by atoms with E-state index in [0.29, 0.717) is 11.7 Å². The van der Waals surface area contributed by atoms with Crippen LogP contribution in [0.1, 0.15) is 39.0 Å². The van der Waals surface area contributed by atoms with Crippen LogP contribution < -0.4 is 10.6 Å². The Morgan fingerprint density at radius 3 is 2.65 bits per heavy atom. The molecule has 0 amide bonds. The summed E-state index contributed by atoms with van der Waals surface area (Å²) in [6.07, 6.45) is 6.27. The van der Waals surface area contributed by atoms with Crippen molar-refractivity contribution in [3.8, 4) is 0 Å². The first kappa shape index (κ1) is 12.2. The first-order chi connectivity index (χ1) is 8.22. The number of nitrogens with zero attached hydrogens (tertiary/aromatic N) is 1. The summed E-state index contributed by atoms with van der Waals surface area (Å²) in [5.41, 5.74) is 7.50. The molecule has 0 atom stereocenters. The lowest BCUT2D eigenvalue weighted by Gasteiger charge is -2.36. The van der Waals surface area contributed by atoms with Crippen molar-refractivity contribution in [2.24, 2.45) is 0 Å². The van der Waals surface area contributed by atoms with E-state index in [4.69, 9.17) is 5.73 Å². The molecule has 0 radical (unpaired) electrons. The van der Waals surface area contributed by atoms with Gasteiger partial charge in [0.1, 0.15) is 5.82 Å². The van der Waals surface area contributed by atoms with Crippen LogP contribution in [0.25, 0.3) is 0 Å². The second-order valence-electron chi connectivity index (χ2n) is 4.78. The lowest BCUT2D eigenvalue weighted by atomic mass is 9.93. The second kappa shape index (κ2) is 5.39. The standard InChI is InChI=1S/C14H21FN2/c1-2-17(12-6-4-3-5-7-12)14-10-11(15)8-9-13(14)16/h8-10,12H,2-7,16H2,1H3. The summed E-state index contributed by atoms with van der Waals surface area (Å²) in [6, 6.07) is 5.18. The van der Waals surface area contributed by atoms with Crippen LogP contribution in [0.5, 0.6) is 0 Å². The molecule has 0 spiro atoms. The average Bonchev–Trinajstić information content (AvgIpc) is 2.36. The molecule has 2 nitrogen and oxygen atoms in total. The maximum absolute atomic E-state index is 13.3. The molecule has 17 heavy (non-hydrogen) atoms. The van der Waals surface area contributed by atoms with Gasteiger partial charge < -0.3 is 10.6 Å². The number of nitrogen functional groups attached to an aromatic ring is 1. The maximum Gasteiger partial charge on any atom is 0.125 e. The van der Waals surface area contributed by atoms with Crippen LogP contribution in [0, 0.1) is 5.82 Å². The summed E-state index contributed by atoms with van der Waals surface area (Å²) in [6.45, 7) is 3.00. The lowest BCUT2D eigenvalue weighted by molar-refractivity contribution is 0.418. The van der Waals surface area contributed by atoms with Crippen molar-refractivity contribution in [3.05, 3.63) is 24.0 Å². The molecule has 0 heterocycles. The number of hydrogen-bond donors (Lipinski definition) is 1. The Bertz CT molecular complexity index is 372. The summed E-state index contributed by atoms with van der Waals surface area (Å²) in [7, 11) is 0. The summed E-state index contributed by atoms with van der Waals surface area (Å²) in [5.74, 6) is -0.205. The molecule has 2 N–H and O–H groups in total. The molecule has 1 aliphatic rings. The van der Waals surface area contributed by atoms with Gasteiger partial charge in [0, 0.05) is 12.6 Å². The molecule has 2 rings (SSSR count). The van der Waals surface area contributed by atoms with E-state index in [0.717, 1.165) is 12.2 Å². The Balaban J connectivity index is 2.24. The summed E-state index contributed by atoms with van der Waals surface area (Å²) in [4.78, 5) is 2.26. The fourth-order valence-electron chi connectivity index (χ4n) is 2.78. The molecule has 3 heteroatoms. The molecular weight excluding hydrogens is 215 g/mol. The van der Waals surface area contributed by atoms with Crippen LogP contribution in [0.4, 0.5) is 15.8 Å². The van der Waals surface area contributed by atoms with Crippen molar-refractivity contribution >= 4 is 11.4 Å². The summed E-state index contributed by atoms with van der Waals surface area (Å²) < 4.78 is 13.3. The van der Waals surface area contributed by atoms with Gasteiger partial charge in [-0.05, 0) is 38.0 Å². The van der Waals surface area contributed by atoms with E-state index in [9.17, 15) is 4.39 Å². The normalized spacial score (nSPS) is 17.1. The van der Waals surface area contributed by atoms with E-state index in [1.165, 1.54) is 38.2 Å². The first-order valence-electron chi connectivity index (χ1n) is 6.54. The SMILES string of the molecule is CCN(c1cc(F)ccc1N)C1CCCCC1. The molecule has 1 saturated carbocycles. The van der Waals surface area contributed by atoms with Crippen LogP contribution in [0.15, 0.2) is 18.2 Å². The molecular formula is C14H21FN2. The van der Waals surface area contributed by atoms with Gasteiger partial charge in [-0.15, -0.1) is 0 Å². The molecule has 1 aromatic rings. The van der Waals surface area contributed by atoms with Crippen molar-refractivity contribution in [2.45, 2.75) is 45.1 Å². The zero-order chi connectivity index (χ0) is 12.3. The van der Waals surface area contributed by atoms with E-state index in [1.807, 2.05) is 0 Å². The highest BCUT2D eigenvalue weighted by Crippen LogP contribution is 2.31. The van der Waals surface area contributed by atoms with E-state index >= 15 is 0 Å². The second-order valence-corrected chi connectivity index (χ2v) is 4.78. The average molecular weight is 236 g/mol. The summed E-state index contributed by atoms with van der Waals surface area (Å²) in [5, 5.41) is 0. The van der Waals surface area contributed by atoms with Gasteiger partial charge in [-0.1, -0.05) is 19.3 Å². The van der Waals surface area contributed by atoms with Crippen molar-refractivity contribution < 1.29 is 4.39 Å². The van der Waals surface area contributed by atoms with E-state index in [-0.39, 0.29) is 5.82 Å². The number of benzene rings is 1. The van der Waals surface area contributed by atoms with Gasteiger partial charge in [0.2, 0.25) is 0 Å². The molecule has 0 aromatic heterocycles. The third-order valence-electron chi connectivity index (χ3n) is 3.66. The predicted octanol–water partition coefficient (Wildman–Crippen LogP) is 3.57. The van der Waals surface area contributed by atoms with Crippen LogP contribution in [-0.2, 0) is 0 Å². The summed E-state index contributed by atoms with van der Waals surface area (Å²) >= 11 is 0. The van der Waals surface area contributed by atoms with Gasteiger partial charge in [0.25, 0.3) is 0 Å². The lowest BCUT2D eigenvalue weighted by Crippen LogP contribution is -2.37. The number of hydrogen-bond acceptors (Lipinski definition) is 2. The van der Waals surface area contributed by atoms with Crippen LogP contribution >= 0.6 is 0 Å². The minimum absolute atomic E-state index is 0.205. The highest BCUT2D eigenvalue weighted by atomic mass is 19.1. The predicted molar refractivity (Wildman–Crippen MR) is 70.7 cm³/mol. The molecule has 0 aliphatic heterocycles. The largest absolute Gasteiger partial charge is 0.397 e. The highest BCUT2D eigenvalue weighted by molar-refractivity contribution is 5.68. The fourth-order valence-corrected chi connectivity index (χ4v) is 2.78. The van der Waals surface area contributed by atoms with Crippen molar-refractivity contribution in [2.75, 3.05) is 17.2 Å². The third-order valence-corrected chi connectivity index (χ3v) is 3.66. The van der Waals surface area contributed by atoms with Crippen LogP contribution in [0.2, 0.25) is 0 Å². The van der Waals surface area contributed by atoms with Crippen molar-refractivity contribution in [1.82, 2.24) is 0 Å². The Labute approximate surface area is 103 Å². The van der Waals surface area contributed by atoms with E-state index < -0.39 is 0 Å². The molecule has 0 saturated heterocycles. The smallest absolute Gasteiger partial charge is 0.125 e. The molecule has 0 unspecified atom stereocenters. The minimum Gasteiger partial charge on any atom is -0.397 e. The van der Waals surface area contributed by atoms with Crippen LogP contribution in [0.3, 0.4) is 0 Å². The zero-order valence-corrected chi connectivity index (χ0v) is 10.5. The first-order valence-corrected chi connectivity index (χ1v) is 6.54. The molecule has 0 bridgehead atoms. The Morgan fingerprint density at radius 1 is 1.29 bits per heavy atom. The quantitative estimate of drug-likeness (QED) is 0.813. The van der Waals surface area contributed by atoms with E-state index in [2.05, 4.69) is 11.8 Å². The maximum atomic E-state index is 13.3. The Kier molecular flexibility index (Phi) is 3.87. The molecule has 1 aliphatic carbocycles. The van der Waals surface area contributed by atoms with Gasteiger partial charge in [0.05, 0.1) is 11.4 Å². The minimum atomic E-state index is -0.205. The monoisotopic (exact) mass is 236 g/mol. The fraction of sp³-hybridized carbons (Fsp3) is 0.571. The molecule has 1 fully saturated rings. The molecule has 1 aromatic carbocycles. The van der Waals surface area contributed by atoms with E-state index in [1.54, 1.807) is 12.1 Å². The van der Waals surface area contributed by atoms with Gasteiger partial charge in [-0.2, -0.15) is 0 Å². The number of rotatable bonds is 3. The number of halogens is 1. The zero-order valence-electron chi connectivity index (χ0n) is 10.5.